The van der Waals surface area contributed by atoms with E-state index < -0.39 is 29.3 Å². The quantitative estimate of drug-likeness (QED) is 0.476. The van der Waals surface area contributed by atoms with Crippen molar-refractivity contribution in [3.05, 3.63) is 34.3 Å². The summed E-state index contributed by atoms with van der Waals surface area (Å²) in [4.78, 5) is 37.8. The van der Waals surface area contributed by atoms with Gasteiger partial charge in [0.15, 0.2) is 5.82 Å². The maximum atomic E-state index is 12.7. The van der Waals surface area contributed by atoms with E-state index >= 15 is 0 Å². The van der Waals surface area contributed by atoms with Crippen molar-refractivity contribution in [2.24, 2.45) is 5.73 Å². The van der Waals surface area contributed by atoms with Crippen LogP contribution in [-0.4, -0.2) is 44.3 Å². The number of alkyl carbamates (subject to hydrolysis) is 1. The van der Waals surface area contributed by atoms with Gasteiger partial charge in [0, 0.05) is 35.8 Å². The Morgan fingerprint density at radius 1 is 1.18 bits per heavy atom. The molecule has 0 aliphatic carbocycles. The Bertz CT molecular complexity index is 1060. The van der Waals surface area contributed by atoms with Gasteiger partial charge < -0.3 is 20.5 Å². The Labute approximate surface area is 196 Å². The van der Waals surface area contributed by atoms with Crippen LogP contribution in [0.15, 0.2) is 23.5 Å². The van der Waals surface area contributed by atoms with Gasteiger partial charge in [-0.2, -0.15) is 5.26 Å². The number of aromatic nitrogens is 3. The van der Waals surface area contributed by atoms with E-state index in [4.69, 9.17) is 20.5 Å². The molecule has 0 aliphatic rings. The fraction of sp³-hybridized carbons (Fsp3) is 0.455. The lowest BCUT2D eigenvalue weighted by atomic mass is 10.1. The average molecular weight is 473 g/mol. The number of nitriles is 1. The van der Waals surface area contributed by atoms with Gasteiger partial charge in [0.2, 0.25) is 0 Å². The van der Waals surface area contributed by atoms with Gasteiger partial charge in [-0.05, 0) is 41.5 Å². The summed E-state index contributed by atoms with van der Waals surface area (Å²) < 4.78 is 10.7. The highest BCUT2D eigenvalue weighted by atomic mass is 32.1. The van der Waals surface area contributed by atoms with Crippen LogP contribution < -0.4 is 11.1 Å². The summed E-state index contributed by atoms with van der Waals surface area (Å²) >= 11 is 1.33. The molecule has 0 aliphatic heterocycles. The van der Waals surface area contributed by atoms with Gasteiger partial charge in [0.25, 0.3) is 0 Å². The van der Waals surface area contributed by atoms with E-state index in [1.54, 1.807) is 65.4 Å². The second-order valence-corrected chi connectivity index (χ2v) is 10.0. The van der Waals surface area contributed by atoms with E-state index in [1.807, 2.05) is 0 Å². The van der Waals surface area contributed by atoms with Crippen LogP contribution in [0.25, 0.3) is 17.3 Å². The van der Waals surface area contributed by atoms with Gasteiger partial charge in [0.1, 0.15) is 29.0 Å². The van der Waals surface area contributed by atoms with Crippen molar-refractivity contribution in [1.29, 1.82) is 5.26 Å². The number of nitrogens with two attached hydrogens (primary N) is 1. The van der Waals surface area contributed by atoms with Gasteiger partial charge in [-0.15, -0.1) is 11.3 Å². The number of amides is 1. The summed E-state index contributed by atoms with van der Waals surface area (Å²) in [5.41, 5.74) is 5.30. The molecule has 0 saturated heterocycles. The molecular formula is C22H28N6O4S. The first-order chi connectivity index (χ1) is 15.3. The summed E-state index contributed by atoms with van der Waals surface area (Å²) in [5, 5.41) is 13.7. The second kappa shape index (κ2) is 10.4. The topological polar surface area (TPSA) is 153 Å². The number of hydrogen-bond acceptors (Lipinski definition) is 10. The molecule has 1 atom stereocenters. The lowest BCUT2D eigenvalue weighted by Gasteiger charge is -2.26. The molecular weight excluding hydrogens is 444 g/mol. The fourth-order valence-electron chi connectivity index (χ4n) is 2.44. The van der Waals surface area contributed by atoms with Crippen LogP contribution in [0.3, 0.4) is 0 Å². The van der Waals surface area contributed by atoms with Crippen molar-refractivity contribution >= 4 is 29.5 Å². The van der Waals surface area contributed by atoms with E-state index in [-0.39, 0.29) is 12.1 Å². The predicted molar refractivity (Wildman–Crippen MR) is 124 cm³/mol. The summed E-state index contributed by atoms with van der Waals surface area (Å²) in [6.45, 7) is 10.5. The third-order valence-electron chi connectivity index (χ3n) is 3.69. The van der Waals surface area contributed by atoms with Crippen LogP contribution in [0.4, 0.5) is 4.79 Å². The molecule has 2 aromatic heterocycles. The average Bonchev–Trinajstić information content (AvgIpc) is 3.13. The number of carbonyl (C=O) groups excluding carboxylic acids is 2. The number of allylic oxidation sites excluding steroid dienone is 1. The summed E-state index contributed by atoms with van der Waals surface area (Å²) in [5.74, 6) is -0.278. The number of nitrogens with one attached hydrogen (secondary N) is 1. The Morgan fingerprint density at radius 2 is 1.79 bits per heavy atom. The van der Waals surface area contributed by atoms with Gasteiger partial charge in [-0.1, -0.05) is 0 Å². The first-order valence-corrected chi connectivity index (χ1v) is 11.0. The second-order valence-electron chi connectivity index (χ2n) is 9.10. The normalized spacial score (nSPS) is 13.1. The molecule has 11 heteroatoms. The molecule has 10 nitrogen and oxygen atoms in total. The van der Waals surface area contributed by atoms with E-state index in [9.17, 15) is 9.59 Å². The molecule has 0 aromatic carbocycles. The monoisotopic (exact) mass is 472 g/mol. The molecule has 2 heterocycles. The van der Waals surface area contributed by atoms with Crippen LogP contribution in [0.1, 0.15) is 52.4 Å². The molecule has 2 aromatic rings. The smallest absolute Gasteiger partial charge is 0.408 e. The standard InChI is InChI=1S/C22H28N6O4S/c1-21(2,3)31-19(29)15(28-20(30)32-22(4,5)6)8-18-27-16(12-33-18)13-10-25-17(26-11-13)7-14(24)9-23/h7,10-12,15H,8,24H2,1-6H3,(H,28,30). The zero-order chi connectivity index (χ0) is 24.8. The van der Waals surface area contributed by atoms with Crippen LogP contribution in [0.5, 0.6) is 0 Å². The molecule has 2 rings (SSSR count). The van der Waals surface area contributed by atoms with Crippen molar-refractivity contribution in [3.8, 4) is 17.3 Å². The van der Waals surface area contributed by atoms with Crippen LogP contribution in [0.2, 0.25) is 0 Å². The molecule has 0 spiro atoms. The lowest BCUT2D eigenvalue weighted by Crippen LogP contribution is -2.47. The Balaban J connectivity index is 2.19. The number of nitrogens with zero attached hydrogens (tertiary/aromatic N) is 4. The van der Waals surface area contributed by atoms with Crippen molar-refractivity contribution in [2.45, 2.75) is 65.2 Å². The molecule has 0 saturated carbocycles. The van der Waals surface area contributed by atoms with E-state index in [1.165, 1.54) is 17.4 Å². The molecule has 0 radical (unpaired) electrons. The van der Waals surface area contributed by atoms with Crippen molar-refractivity contribution in [1.82, 2.24) is 20.3 Å². The SMILES string of the molecule is CC(C)(C)OC(=O)NC(Cc1nc(-c2cnc(C=C(N)C#N)nc2)cs1)C(=O)OC(C)(C)C. The van der Waals surface area contributed by atoms with Crippen LogP contribution >= 0.6 is 11.3 Å². The summed E-state index contributed by atoms with van der Waals surface area (Å²) in [7, 11) is 0. The third-order valence-corrected chi connectivity index (χ3v) is 4.57. The minimum atomic E-state index is -0.976. The summed E-state index contributed by atoms with van der Waals surface area (Å²) in [6.07, 6.45) is 3.89. The van der Waals surface area contributed by atoms with Crippen molar-refractivity contribution in [3.63, 3.8) is 0 Å². The zero-order valence-corrected chi connectivity index (χ0v) is 20.3. The van der Waals surface area contributed by atoms with Crippen LogP contribution in [-0.2, 0) is 20.7 Å². The highest BCUT2D eigenvalue weighted by Crippen LogP contribution is 2.22. The van der Waals surface area contributed by atoms with Crippen molar-refractivity contribution < 1.29 is 19.1 Å². The largest absolute Gasteiger partial charge is 0.458 e. The highest BCUT2D eigenvalue weighted by Gasteiger charge is 2.29. The molecule has 0 bridgehead atoms. The molecule has 176 valence electrons. The molecule has 3 N–H and O–H groups in total. The molecule has 1 amide bonds. The maximum Gasteiger partial charge on any atom is 0.408 e. The minimum absolute atomic E-state index is 0.00404. The van der Waals surface area contributed by atoms with E-state index in [2.05, 4.69) is 20.3 Å². The number of hydrogen-bond donors (Lipinski definition) is 2. The molecule has 33 heavy (non-hydrogen) atoms. The number of esters is 1. The van der Waals surface area contributed by atoms with Gasteiger partial charge in [-0.3, -0.25) is 0 Å². The van der Waals surface area contributed by atoms with Gasteiger partial charge >= 0.3 is 12.1 Å². The zero-order valence-electron chi connectivity index (χ0n) is 19.5. The Hall–Kier alpha value is -3.52. The first-order valence-electron chi connectivity index (χ1n) is 10.1. The van der Waals surface area contributed by atoms with Gasteiger partial charge in [0.05, 0.1) is 10.7 Å². The minimum Gasteiger partial charge on any atom is -0.458 e. The number of ether oxygens (including phenoxy) is 2. The molecule has 1 unspecified atom stereocenters. The maximum absolute atomic E-state index is 12.7. The highest BCUT2D eigenvalue weighted by molar-refractivity contribution is 7.10. The Kier molecular flexibility index (Phi) is 8.11. The predicted octanol–water partition coefficient (Wildman–Crippen LogP) is 3.20. The van der Waals surface area contributed by atoms with Crippen molar-refractivity contribution in [2.75, 3.05) is 0 Å². The Morgan fingerprint density at radius 3 is 2.33 bits per heavy atom. The van der Waals surface area contributed by atoms with E-state index in [0.717, 1.165) is 0 Å². The molecule has 0 fully saturated rings. The lowest BCUT2D eigenvalue weighted by molar-refractivity contribution is -0.157. The van der Waals surface area contributed by atoms with Gasteiger partial charge in [-0.25, -0.2) is 24.5 Å². The summed E-state index contributed by atoms with van der Waals surface area (Å²) in [6, 6.07) is 0.826. The fourth-order valence-corrected chi connectivity index (χ4v) is 3.29. The van der Waals surface area contributed by atoms with Crippen LogP contribution in [0, 0.1) is 11.3 Å². The number of thiazole rings is 1. The number of carbonyl (C=O) groups is 2. The number of rotatable bonds is 6. The van der Waals surface area contributed by atoms with E-state index in [0.29, 0.717) is 22.1 Å². The first kappa shape index (κ1) is 25.7. The third kappa shape index (κ3) is 8.86.